The van der Waals surface area contributed by atoms with E-state index in [2.05, 4.69) is 64.3 Å². The third kappa shape index (κ3) is 8.46. The summed E-state index contributed by atoms with van der Waals surface area (Å²) in [5.74, 6) is -2.51. The molecule has 2 aromatic carbocycles. The fourth-order valence-electron chi connectivity index (χ4n) is 5.33. The smallest absolute Gasteiger partial charge is 0.420 e. The molecule has 11 heteroatoms. The van der Waals surface area contributed by atoms with Crippen molar-refractivity contribution in [2.45, 2.75) is 130 Å². The number of cyclic esters (lactones) is 1. The van der Waals surface area contributed by atoms with Gasteiger partial charge in [-0.2, -0.15) is 0 Å². The van der Waals surface area contributed by atoms with Gasteiger partial charge in [0.1, 0.15) is 11.9 Å². The molecule has 2 aromatic rings. The molecule has 1 aliphatic heterocycles. The van der Waals surface area contributed by atoms with E-state index in [1.165, 1.54) is 52.3 Å². The number of Topliss-reactive ketones (excluding diaryl/α,β-unsaturated/α-hetero) is 1. The molecule has 10 nitrogen and oxygen atoms in total. The number of imide groups is 1. The van der Waals surface area contributed by atoms with Crippen LogP contribution < -0.4 is 15.4 Å². The van der Waals surface area contributed by atoms with Crippen LogP contribution in [-0.2, 0) is 34.7 Å². The van der Waals surface area contributed by atoms with Crippen LogP contribution in [0, 0.1) is 5.41 Å². The number of ether oxygens (including phenoxy) is 2. The van der Waals surface area contributed by atoms with E-state index in [4.69, 9.17) is 21.1 Å². The molecule has 3 rings (SSSR count). The lowest BCUT2D eigenvalue weighted by Gasteiger charge is -2.35. The average molecular weight is 698 g/mol. The molecule has 1 aliphatic rings. The van der Waals surface area contributed by atoms with Crippen molar-refractivity contribution in [3.8, 4) is 5.75 Å². The van der Waals surface area contributed by atoms with Crippen LogP contribution in [0.1, 0.15) is 113 Å². The summed E-state index contributed by atoms with van der Waals surface area (Å²) in [6.07, 6.45) is 0.285. The Morgan fingerprint density at radius 2 is 1.47 bits per heavy atom. The predicted octanol–water partition coefficient (Wildman–Crippen LogP) is 8.10. The van der Waals surface area contributed by atoms with Crippen molar-refractivity contribution in [1.29, 1.82) is 0 Å². The SMILES string of the molecule is CCC(C)(C)c1ccc(OC(C)CC(=O)Nc2cccc(NC(=O)C(Cl)(C(=O)C(C)(C)C)N3C(=O)OC(C)(C)C3=O)c2)c(C(C)(C)CC)c1. The first-order valence-corrected chi connectivity index (χ1v) is 17.1. The van der Waals surface area contributed by atoms with Crippen molar-refractivity contribution in [1.82, 2.24) is 4.90 Å². The molecule has 1 saturated heterocycles. The third-order valence-electron chi connectivity index (χ3n) is 9.30. The lowest BCUT2D eigenvalue weighted by atomic mass is 9.76. The summed E-state index contributed by atoms with van der Waals surface area (Å²) >= 11 is 6.69. The first-order valence-electron chi connectivity index (χ1n) is 16.7. The van der Waals surface area contributed by atoms with E-state index in [0.29, 0.717) is 10.6 Å². The molecule has 2 N–H and O–H groups in total. The maximum atomic E-state index is 13.7. The van der Waals surface area contributed by atoms with Gasteiger partial charge in [0.2, 0.25) is 5.91 Å². The summed E-state index contributed by atoms with van der Waals surface area (Å²) in [5.41, 5.74) is -0.115. The third-order valence-corrected chi connectivity index (χ3v) is 9.81. The Hall–Kier alpha value is -3.92. The second kappa shape index (κ2) is 14.1. The van der Waals surface area contributed by atoms with Gasteiger partial charge in [-0.25, -0.2) is 9.69 Å². The largest absolute Gasteiger partial charge is 0.490 e. The number of carbonyl (C=O) groups is 5. The second-order valence-electron chi connectivity index (χ2n) is 15.6. The Kier molecular flexibility index (Phi) is 11.4. The van der Waals surface area contributed by atoms with Crippen LogP contribution in [0.3, 0.4) is 0 Å². The minimum absolute atomic E-state index is 0.0123. The van der Waals surface area contributed by atoms with Crippen LogP contribution in [0.25, 0.3) is 0 Å². The standard InChI is InChI=1S/C38H52ClN3O7/c1-13-35(7,8)24-18-19-28(27(21-24)36(9,10)14-2)48-23(3)20-29(43)40-25-16-15-17-26(22-25)41-31(45)38(39,30(44)34(4,5)6)42-32(46)37(11,12)49-33(42)47/h15-19,21-23H,13-14,20H2,1-12H3,(H,40,43)(H,41,45). The summed E-state index contributed by atoms with van der Waals surface area (Å²) in [4.78, 5) is 63.9. The highest BCUT2D eigenvalue weighted by Crippen LogP contribution is 2.40. The van der Waals surface area contributed by atoms with Gasteiger partial charge in [0.15, 0.2) is 11.4 Å². The topological polar surface area (TPSA) is 131 Å². The highest BCUT2D eigenvalue weighted by Gasteiger charge is 2.64. The number of hydrogen-bond acceptors (Lipinski definition) is 7. The van der Waals surface area contributed by atoms with Gasteiger partial charge in [0, 0.05) is 22.4 Å². The van der Waals surface area contributed by atoms with E-state index in [0.717, 1.165) is 24.2 Å². The number of anilines is 2. The summed E-state index contributed by atoms with van der Waals surface area (Å²) in [6, 6.07) is 12.5. The molecule has 49 heavy (non-hydrogen) atoms. The van der Waals surface area contributed by atoms with Gasteiger partial charge in [-0.3, -0.25) is 19.2 Å². The number of carbonyl (C=O) groups excluding carboxylic acids is 5. The van der Waals surface area contributed by atoms with Gasteiger partial charge in [-0.05, 0) is 74.3 Å². The Morgan fingerprint density at radius 3 is 1.98 bits per heavy atom. The summed E-state index contributed by atoms with van der Waals surface area (Å²) in [5, 5.41) is 5.37. The molecule has 4 amide bonds. The highest BCUT2D eigenvalue weighted by molar-refractivity contribution is 6.50. The zero-order chi connectivity index (χ0) is 37.3. The number of halogens is 1. The van der Waals surface area contributed by atoms with Gasteiger partial charge in [-0.1, -0.05) is 92.1 Å². The van der Waals surface area contributed by atoms with Crippen molar-refractivity contribution < 1.29 is 33.4 Å². The Morgan fingerprint density at radius 1 is 0.898 bits per heavy atom. The zero-order valence-corrected chi connectivity index (χ0v) is 31.7. The number of rotatable bonds is 13. The van der Waals surface area contributed by atoms with E-state index in [9.17, 15) is 24.0 Å². The van der Waals surface area contributed by atoms with E-state index < -0.39 is 45.8 Å². The highest BCUT2D eigenvalue weighted by atomic mass is 35.5. The van der Waals surface area contributed by atoms with E-state index in [1.54, 1.807) is 12.1 Å². The summed E-state index contributed by atoms with van der Waals surface area (Å²) in [7, 11) is 0. The van der Waals surface area contributed by atoms with Gasteiger partial charge >= 0.3 is 6.09 Å². The number of benzene rings is 2. The molecule has 2 atom stereocenters. The zero-order valence-electron chi connectivity index (χ0n) is 30.9. The molecule has 0 bridgehead atoms. The van der Waals surface area contributed by atoms with Crippen molar-refractivity contribution in [2.24, 2.45) is 5.41 Å². The minimum Gasteiger partial charge on any atom is -0.490 e. The molecule has 1 heterocycles. The summed E-state index contributed by atoms with van der Waals surface area (Å²) in [6.45, 7) is 22.2. The van der Waals surface area contributed by atoms with Gasteiger partial charge < -0.3 is 20.1 Å². The van der Waals surface area contributed by atoms with Crippen molar-refractivity contribution in [3.63, 3.8) is 0 Å². The number of nitrogens with one attached hydrogen (secondary N) is 2. The Balaban J connectivity index is 1.79. The predicted molar refractivity (Wildman–Crippen MR) is 192 cm³/mol. The minimum atomic E-state index is -2.73. The lowest BCUT2D eigenvalue weighted by Crippen LogP contribution is -2.63. The molecular weight excluding hydrogens is 646 g/mol. The molecular formula is C38H52ClN3O7. The number of hydrogen-bond donors (Lipinski definition) is 2. The molecule has 1 fully saturated rings. The number of nitrogens with zero attached hydrogens (tertiary/aromatic N) is 1. The number of ketones is 1. The van der Waals surface area contributed by atoms with E-state index >= 15 is 0 Å². The van der Waals surface area contributed by atoms with Crippen LogP contribution in [0.15, 0.2) is 42.5 Å². The fraction of sp³-hybridized carbons (Fsp3) is 0.553. The Bertz CT molecular complexity index is 1630. The van der Waals surface area contributed by atoms with Crippen molar-refractivity contribution >= 4 is 52.6 Å². The summed E-state index contributed by atoms with van der Waals surface area (Å²) < 4.78 is 11.5. The first kappa shape index (κ1) is 39.5. The van der Waals surface area contributed by atoms with Crippen molar-refractivity contribution in [3.05, 3.63) is 53.6 Å². The normalized spacial score (nSPS) is 16.8. The molecule has 0 radical (unpaired) electrons. The van der Waals surface area contributed by atoms with Crippen LogP contribution in [0.4, 0.5) is 16.2 Å². The molecule has 2 unspecified atom stereocenters. The first-order chi connectivity index (χ1) is 22.4. The Labute approximate surface area is 295 Å². The lowest BCUT2D eigenvalue weighted by molar-refractivity contribution is -0.148. The van der Waals surface area contributed by atoms with Gasteiger partial charge in [-0.15, -0.1) is 0 Å². The maximum Gasteiger partial charge on any atom is 0.420 e. The number of alkyl halides is 1. The van der Waals surface area contributed by atoms with Crippen LogP contribution in [0.5, 0.6) is 5.75 Å². The van der Waals surface area contributed by atoms with Gasteiger partial charge in [0.25, 0.3) is 16.8 Å². The van der Waals surface area contributed by atoms with Crippen LogP contribution in [-0.4, -0.2) is 51.2 Å². The number of amides is 4. The maximum absolute atomic E-state index is 13.7. The van der Waals surface area contributed by atoms with E-state index in [1.807, 2.05) is 13.0 Å². The van der Waals surface area contributed by atoms with Crippen LogP contribution in [0.2, 0.25) is 0 Å². The molecule has 0 saturated carbocycles. The van der Waals surface area contributed by atoms with E-state index in [-0.39, 0.29) is 28.8 Å². The molecule has 268 valence electrons. The van der Waals surface area contributed by atoms with Gasteiger partial charge in [0.05, 0.1) is 6.42 Å². The second-order valence-corrected chi connectivity index (χ2v) is 16.2. The average Bonchev–Trinajstić information content (AvgIpc) is 3.21. The molecule has 0 spiro atoms. The quantitative estimate of drug-likeness (QED) is 0.123. The van der Waals surface area contributed by atoms with Crippen LogP contribution >= 0.6 is 11.6 Å². The monoisotopic (exact) mass is 697 g/mol. The fourth-order valence-corrected chi connectivity index (χ4v) is 5.80. The molecule has 0 aliphatic carbocycles. The molecule has 0 aromatic heterocycles. The van der Waals surface area contributed by atoms with Crippen molar-refractivity contribution in [2.75, 3.05) is 10.6 Å².